The number of hydrogen-bond donors (Lipinski definition) is 2. The van der Waals surface area contributed by atoms with Crippen molar-refractivity contribution in [1.82, 2.24) is 15.5 Å². The second-order valence-electron chi connectivity index (χ2n) is 4.85. The molecule has 0 aliphatic carbocycles. The lowest BCUT2D eigenvalue weighted by molar-refractivity contribution is -0.119. The topological polar surface area (TPSA) is 80.0 Å². The van der Waals surface area contributed by atoms with E-state index in [0.29, 0.717) is 17.5 Å². The lowest BCUT2D eigenvalue weighted by Gasteiger charge is -2.12. The molecule has 2 N–H and O–H groups in total. The summed E-state index contributed by atoms with van der Waals surface area (Å²) in [6.07, 6.45) is 0.869. The first kappa shape index (κ1) is 12.8. The minimum absolute atomic E-state index is 0.0208. The smallest absolute Gasteiger partial charge is 0.249 e. The van der Waals surface area contributed by atoms with Crippen LogP contribution in [0.15, 0.2) is 28.7 Å². The van der Waals surface area contributed by atoms with Crippen LogP contribution in [0.2, 0.25) is 0 Å². The molecular weight excluding hydrogens is 256 g/mol. The fourth-order valence-corrected chi connectivity index (χ4v) is 2.30. The Kier molecular flexibility index (Phi) is 3.47. The quantitative estimate of drug-likeness (QED) is 0.887. The monoisotopic (exact) mass is 272 g/mol. The summed E-state index contributed by atoms with van der Waals surface area (Å²) >= 11 is 0. The summed E-state index contributed by atoms with van der Waals surface area (Å²) in [5, 5.41) is 14.0. The summed E-state index contributed by atoms with van der Waals surface area (Å²) in [7, 11) is 0. The van der Waals surface area contributed by atoms with Crippen LogP contribution in [-0.2, 0) is 4.79 Å². The molecule has 6 heteroatoms. The van der Waals surface area contributed by atoms with E-state index in [2.05, 4.69) is 20.8 Å². The number of benzene rings is 1. The Morgan fingerprint density at radius 3 is 2.95 bits per heavy atom. The number of nitrogens with zero attached hydrogens (tertiary/aromatic N) is 2. The van der Waals surface area contributed by atoms with Crippen molar-refractivity contribution in [3.05, 3.63) is 30.2 Å². The molecule has 0 spiro atoms. The van der Waals surface area contributed by atoms with Gasteiger partial charge in [0.25, 0.3) is 0 Å². The van der Waals surface area contributed by atoms with Crippen LogP contribution in [0.3, 0.4) is 0 Å². The van der Waals surface area contributed by atoms with E-state index in [1.807, 2.05) is 24.3 Å². The Morgan fingerprint density at radius 2 is 2.25 bits per heavy atom. The molecule has 2 aromatic rings. The summed E-state index contributed by atoms with van der Waals surface area (Å²) in [6.45, 7) is 3.36. The SMILES string of the molecule is Cc1nnc(-c2ccccc2NC(=O)C2CCNC2)o1. The maximum Gasteiger partial charge on any atom is 0.249 e. The van der Waals surface area contributed by atoms with Crippen LogP contribution in [0.5, 0.6) is 0 Å². The van der Waals surface area contributed by atoms with Crippen LogP contribution in [0.25, 0.3) is 11.5 Å². The molecule has 1 aromatic carbocycles. The number of carbonyl (C=O) groups excluding carboxylic acids is 1. The second kappa shape index (κ2) is 5.42. The van der Waals surface area contributed by atoms with Crippen molar-refractivity contribution in [2.75, 3.05) is 18.4 Å². The van der Waals surface area contributed by atoms with Gasteiger partial charge in [-0.05, 0) is 25.1 Å². The maximum absolute atomic E-state index is 12.2. The molecule has 1 aliphatic heterocycles. The van der Waals surface area contributed by atoms with Crippen molar-refractivity contribution in [2.45, 2.75) is 13.3 Å². The first-order chi connectivity index (χ1) is 9.74. The van der Waals surface area contributed by atoms with Gasteiger partial charge >= 0.3 is 0 Å². The van der Waals surface area contributed by atoms with E-state index < -0.39 is 0 Å². The normalized spacial score (nSPS) is 18.1. The van der Waals surface area contributed by atoms with Crippen molar-refractivity contribution in [3.8, 4) is 11.5 Å². The third kappa shape index (κ3) is 2.55. The van der Waals surface area contributed by atoms with E-state index in [0.717, 1.165) is 25.1 Å². The van der Waals surface area contributed by atoms with Gasteiger partial charge in [-0.2, -0.15) is 0 Å². The number of carbonyl (C=O) groups is 1. The predicted molar refractivity (Wildman–Crippen MR) is 74.1 cm³/mol. The molecule has 2 heterocycles. The number of aromatic nitrogens is 2. The molecule has 1 amide bonds. The van der Waals surface area contributed by atoms with Crippen molar-refractivity contribution in [3.63, 3.8) is 0 Å². The van der Waals surface area contributed by atoms with E-state index in [-0.39, 0.29) is 11.8 Å². The highest BCUT2D eigenvalue weighted by Crippen LogP contribution is 2.27. The number of anilines is 1. The number of para-hydroxylation sites is 1. The number of amides is 1. The molecule has 1 aliphatic rings. The van der Waals surface area contributed by atoms with E-state index >= 15 is 0 Å². The average molecular weight is 272 g/mol. The van der Waals surface area contributed by atoms with Gasteiger partial charge in [-0.15, -0.1) is 10.2 Å². The Bertz CT molecular complexity index is 617. The van der Waals surface area contributed by atoms with E-state index in [4.69, 9.17) is 4.42 Å². The lowest BCUT2D eigenvalue weighted by atomic mass is 10.1. The van der Waals surface area contributed by atoms with Crippen LogP contribution in [0.4, 0.5) is 5.69 Å². The second-order valence-corrected chi connectivity index (χ2v) is 4.85. The molecule has 104 valence electrons. The molecule has 1 aromatic heterocycles. The Morgan fingerprint density at radius 1 is 1.40 bits per heavy atom. The van der Waals surface area contributed by atoms with Crippen LogP contribution in [0, 0.1) is 12.8 Å². The molecule has 1 atom stereocenters. The fraction of sp³-hybridized carbons (Fsp3) is 0.357. The minimum Gasteiger partial charge on any atom is -0.421 e. The number of hydrogen-bond acceptors (Lipinski definition) is 5. The highest BCUT2D eigenvalue weighted by Gasteiger charge is 2.23. The Labute approximate surface area is 116 Å². The largest absolute Gasteiger partial charge is 0.421 e. The van der Waals surface area contributed by atoms with Gasteiger partial charge in [0.1, 0.15) is 0 Å². The first-order valence-electron chi connectivity index (χ1n) is 6.65. The van der Waals surface area contributed by atoms with Gasteiger partial charge in [0.2, 0.25) is 17.7 Å². The molecule has 1 fully saturated rings. The molecule has 6 nitrogen and oxygen atoms in total. The molecule has 1 saturated heterocycles. The number of aryl methyl sites for hydroxylation is 1. The third-order valence-corrected chi connectivity index (χ3v) is 3.37. The summed E-state index contributed by atoms with van der Waals surface area (Å²) < 4.78 is 5.43. The van der Waals surface area contributed by atoms with Crippen molar-refractivity contribution < 1.29 is 9.21 Å². The standard InChI is InChI=1S/C14H16N4O2/c1-9-17-18-14(20-9)11-4-2-3-5-12(11)16-13(19)10-6-7-15-8-10/h2-5,10,15H,6-8H2,1H3,(H,16,19). The van der Waals surface area contributed by atoms with Crippen molar-refractivity contribution in [2.24, 2.45) is 5.92 Å². The van der Waals surface area contributed by atoms with Crippen molar-refractivity contribution in [1.29, 1.82) is 0 Å². The van der Waals surface area contributed by atoms with Crippen LogP contribution < -0.4 is 10.6 Å². The molecule has 0 bridgehead atoms. The molecule has 0 saturated carbocycles. The predicted octanol–water partition coefficient (Wildman–Crippen LogP) is 1.59. The van der Waals surface area contributed by atoms with Crippen LogP contribution in [-0.4, -0.2) is 29.2 Å². The van der Waals surface area contributed by atoms with E-state index in [9.17, 15) is 4.79 Å². The average Bonchev–Trinajstić information content (AvgIpc) is 3.10. The summed E-state index contributed by atoms with van der Waals surface area (Å²) in [5.41, 5.74) is 1.44. The third-order valence-electron chi connectivity index (χ3n) is 3.37. The molecular formula is C14H16N4O2. The zero-order valence-electron chi connectivity index (χ0n) is 11.2. The minimum atomic E-state index is 0.0208. The number of nitrogens with one attached hydrogen (secondary N) is 2. The fourth-order valence-electron chi connectivity index (χ4n) is 2.30. The number of rotatable bonds is 3. The van der Waals surface area contributed by atoms with Crippen molar-refractivity contribution >= 4 is 11.6 Å². The lowest BCUT2D eigenvalue weighted by Crippen LogP contribution is -2.24. The van der Waals surface area contributed by atoms with Gasteiger partial charge in [-0.3, -0.25) is 4.79 Å². The van der Waals surface area contributed by atoms with Gasteiger partial charge in [-0.25, -0.2) is 0 Å². The zero-order valence-corrected chi connectivity index (χ0v) is 11.2. The molecule has 3 rings (SSSR count). The van der Waals surface area contributed by atoms with E-state index in [1.165, 1.54) is 0 Å². The van der Waals surface area contributed by atoms with Crippen LogP contribution in [0.1, 0.15) is 12.3 Å². The molecule has 1 unspecified atom stereocenters. The highest BCUT2D eigenvalue weighted by atomic mass is 16.4. The van der Waals surface area contributed by atoms with Gasteiger partial charge in [0, 0.05) is 13.5 Å². The Balaban J connectivity index is 1.84. The first-order valence-corrected chi connectivity index (χ1v) is 6.65. The van der Waals surface area contributed by atoms with Gasteiger partial charge in [0.15, 0.2) is 0 Å². The summed E-state index contributed by atoms with van der Waals surface area (Å²) in [6, 6.07) is 7.45. The van der Waals surface area contributed by atoms with E-state index in [1.54, 1.807) is 6.92 Å². The van der Waals surface area contributed by atoms with Gasteiger partial charge in [-0.1, -0.05) is 12.1 Å². The van der Waals surface area contributed by atoms with Gasteiger partial charge in [0.05, 0.1) is 17.2 Å². The molecule has 20 heavy (non-hydrogen) atoms. The highest BCUT2D eigenvalue weighted by molar-refractivity contribution is 5.96. The molecule has 0 radical (unpaired) electrons. The zero-order chi connectivity index (χ0) is 13.9. The summed E-state index contributed by atoms with van der Waals surface area (Å²) in [5.74, 6) is 0.968. The van der Waals surface area contributed by atoms with Crippen LogP contribution >= 0.6 is 0 Å². The van der Waals surface area contributed by atoms with Gasteiger partial charge < -0.3 is 15.1 Å². The summed E-state index contributed by atoms with van der Waals surface area (Å²) in [4.78, 5) is 12.2. The maximum atomic E-state index is 12.2. The Hall–Kier alpha value is -2.21.